The van der Waals surface area contributed by atoms with Crippen molar-refractivity contribution < 1.29 is 4.79 Å². The number of carbonyl (C=O) groups excluding carboxylic acids is 1. The molecule has 5 heteroatoms. The number of aryl methyl sites for hydroxylation is 1. The van der Waals surface area contributed by atoms with E-state index in [9.17, 15) is 4.79 Å². The van der Waals surface area contributed by atoms with Crippen molar-refractivity contribution in [3.63, 3.8) is 0 Å². The molecule has 1 aromatic heterocycles. The smallest absolute Gasteiger partial charge is 0.244 e. The van der Waals surface area contributed by atoms with E-state index in [1.54, 1.807) is 30.5 Å². The van der Waals surface area contributed by atoms with Crippen LogP contribution in [0.25, 0.3) is 6.08 Å². The lowest BCUT2D eigenvalue weighted by atomic mass is 10.1. The lowest BCUT2D eigenvalue weighted by molar-refractivity contribution is -0.116. The third kappa shape index (κ3) is 5.04. The molecular formula is C17H20ClN3O. The highest BCUT2D eigenvalue weighted by atomic mass is 35.5. The van der Waals surface area contributed by atoms with E-state index in [1.807, 2.05) is 25.3 Å². The molecule has 1 heterocycles. The van der Waals surface area contributed by atoms with Gasteiger partial charge in [0.15, 0.2) is 0 Å². The Hall–Kier alpha value is -2.07. The van der Waals surface area contributed by atoms with Crippen molar-refractivity contribution in [3.05, 3.63) is 59.1 Å². The molecule has 1 atom stereocenters. The fraction of sp³-hybridized carbons (Fsp3) is 0.294. The monoisotopic (exact) mass is 317 g/mol. The van der Waals surface area contributed by atoms with Crippen molar-refractivity contribution in [3.8, 4) is 0 Å². The fourth-order valence-corrected chi connectivity index (χ4v) is 2.20. The Morgan fingerprint density at radius 3 is 2.77 bits per heavy atom. The Balaban J connectivity index is 1.77. The lowest BCUT2D eigenvalue weighted by Crippen LogP contribution is -2.28. The number of hydrogen-bond donors (Lipinski definition) is 1. The maximum Gasteiger partial charge on any atom is 0.244 e. The third-order valence-electron chi connectivity index (χ3n) is 3.35. The van der Waals surface area contributed by atoms with E-state index in [1.165, 1.54) is 0 Å². The van der Waals surface area contributed by atoms with E-state index in [0.29, 0.717) is 17.5 Å². The molecule has 2 aromatic rings. The molecule has 1 unspecified atom stereocenters. The first-order valence-electron chi connectivity index (χ1n) is 7.24. The van der Waals surface area contributed by atoms with E-state index in [4.69, 9.17) is 11.6 Å². The molecule has 0 spiro atoms. The molecule has 116 valence electrons. The van der Waals surface area contributed by atoms with Crippen molar-refractivity contribution in [1.29, 1.82) is 0 Å². The summed E-state index contributed by atoms with van der Waals surface area (Å²) in [6.45, 7) is 5.54. The molecular weight excluding hydrogens is 298 g/mol. The molecule has 0 saturated carbocycles. The average molecular weight is 318 g/mol. The number of aromatic nitrogens is 2. The predicted molar refractivity (Wildman–Crippen MR) is 89.6 cm³/mol. The minimum absolute atomic E-state index is 0.0934. The van der Waals surface area contributed by atoms with Crippen LogP contribution in [-0.2, 0) is 11.3 Å². The Morgan fingerprint density at radius 1 is 1.41 bits per heavy atom. The third-order valence-corrected chi connectivity index (χ3v) is 3.61. The number of benzene rings is 1. The number of hydrogen-bond acceptors (Lipinski definition) is 2. The van der Waals surface area contributed by atoms with Crippen LogP contribution in [0.2, 0.25) is 5.02 Å². The summed E-state index contributed by atoms with van der Waals surface area (Å²) in [6, 6.07) is 7.34. The van der Waals surface area contributed by atoms with Gasteiger partial charge in [-0.1, -0.05) is 30.7 Å². The van der Waals surface area contributed by atoms with Crippen LogP contribution in [0.15, 0.2) is 42.7 Å². The Kier molecular flexibility index (Phi) is 5.78. The number of halogens is 1. The van der Waals surface area contributed by atoms with Gasteiger partial charge in [-0.05, 0) is 36.6 Å². The summed E-state index contributed by atoms with van der Waals surface area (Å²) >= 11 is 5.82. The second kappa shape index (κ2) is 7.80. The highest BCUT2D eigenvalue weighted by molar-refractivity contribution is 6.30. The Morgan fingerprint density at radius 2 is 2.14 bits per heavy atom. The average Bonchev–Trinajstić information content (AvgIpc) is 2.90. The number of amides is 1. The Labute approximate surface area is 135 Å². The van der Waals surface area contributed by atoms with Gasteiger partial charge in [-0.3, -0.25) is 4.79 Å². The van der Waals surface area contributed by atoms with Crippen molar-refractivity contribution in [2.45, 2.75) is 20.4 Å². The topological polar surface area (TPSA) is 46.9 Å². The number of imidazole rings is 1. The standard InChI is InChI=1S/C17H20ClN3O/c1-13(12-21-10-9-19-14(21)2)11-20-17(22)8-5-15-3-6-16(18)7-4-15/h3-10,13H,11-12H2,1-2H3,(H,20,22). The van der Waals surface area contributed by atoms with Gasteiger partial charge in [0.2, 0.25) is 5.91 Å². The maximum atomic E-state index is 11.8. The van der Waals surface area contributed by atoms with Gasteiger partial charge in [0.05, 0.1) is 0 Å². The summed E-state index contributed by atoms with van der Waals surface area (Å²) in [4.78, 5) is 16.0. The fourth-order valence-electron chi connectivity index (χ4n) is 2.08. The van der Waals surface area contributed by atoms with Crippen LogP contribution >= 0.6 is 11.6 Å². The molecule has 0 aliphatic heterocycles. The van der Waals surface area contributed by atoms with Crippen LogP contribution in [0.5, 0.6) is 0 Å². The van der Waals surface area contributed by atoms with Crippen LogP contribution in [-0.4, -0.2) is 22.0 Å². The number of carbonyl (C=O) groups is 1. The van der Waals surface area contributed by atoms with Gasteiger partial charge in [0.1, 0.15) is 5.82 Å². The minimum atomic E-state index is -0.0934. The van der Waals surface area contributed by atoms with Gasteiger partial charge < -0.3 is 9.88 Å². The first kappa shape index (κ1) is 16.3. The van der Waals surface area contributed by atoms with E-state index in [-0.39, 0.29) is 5.91 Å². The molecule has 0 aliphatic rings. The number of nitrogens with zero attached hydrogens (tertiary/aromatic N) is 2. The summed E-state index contributed by atoms with van der Waals surface area (Å²) in [5.41, 5.74) is 0.946. The lowest BCUT2D eigenvalue weighted by Gasteiger charge is -2.13. The second-order valence-electron chi connectivity index (χ2n) is 5.36. The predicted octanol–water partition coefficient (Wildman–Crippen LogP) is 3.31. The second-order valence-corrected chi connectivity index (χ2v) is 5.80. The molecule has 4 nitrogen and oxygen atoms in total. The van der Waals surface area contributed by atoms with Crippen molar-refractivity contribution in [2.24, 2.45) is 5.92 Å². The first-order valence-corrected chi connectivity index (χ1v) is 7.61. The SMILES string of the molecule is Cc1nccn1CC(C)CNC(=O)C=Cc1ccc(Cl)cc1. The van der Waals surface area contributed by atoms with Crippen molar-refractivity contribution in [1.82, 2.24) is 14.9 Å². The summed E-state index contributed by atoms with van der Waals surface area (Å²) in [5, 5.41) is 3.60. The van der Waals surface area contributed by atoms with Gasteiger partial charge >= 0.3 is 0 Å². The molecule has 0 fully saturated rings. The molecule has 22 heavy (non-hydrogen) atoms. The molecule has 0 bridgehead atoms. The largest absolute Gasteiger partial charge is 0.352 e. The zero-order chi connectivity index (χ0) is 15.9. The zero-order valence-corrected chi connectivity index (χ0v) is 13.5. The molecule has 0 radical (unpaired) electrons. The quantitative estimate of drug-likeness (QED) is 0.831. The van der Waals surface area contributed by atoms with Crippen LogP contribution in [0, 0.1) is 12.8 Å². The van der Waals surface area contributed by atoms with Crippen molar-refractivity contribution >= 4 is 23.6 Å². The summed E-state index contributed by atoms with van der Waals surface area (Å²) in [6.07, 6.45) is 7.05. The minimum Gasteiger partial charge on any atom is -0.352 e. The Bertz CT molecular complexity index is 646. The van der Waals surface area contributed by atoms with Gasteiger partial charge in [-0.25, -0.2) is 4.98 Å². The van der Waals surface area contributed by atoms with Crippen molar-refractivity contribution in [2.75, 3.05) is 6.54 Å². The molecule has 1 aromatic carbocycles. The highest BCUT2D eigenvalue weighted by Gasteiger charge is 2.06. The number of nitrogens with one attached hydrogen (secondary N) is 1. The maximum absolute atomic E-state index is 11.8. The van der Waals surface area contributed by atoms with Crippen LogP contribution in [0.3, 0.4) is 0 Å². The summed E-state index contributed by atoms with van der Waals surface area (Å²) in [5.74, 6) is 1.23. The van der Waals surface area contributed by atoms with E-state index in [0.717, 1.165) is 17.9 Å². The molecule has 0 saturated heterocycles. The molecule has 1 N–H and O–H groups in total. The highest BCUT2D eigenvalue weighted by Crippen LogP contribution is 2.10. The van der Waals surface area contributed by atoms with Gasteiger partial charge in [0, 0.05) is 36.6 Å². The van der Waals surface area contributed by atoms with Crippen LogP contribution < -0.4 is 5.32 Å². The summed E-state index contributed by atoms with van der Waals surface area (Å²) in [7, 11) is 0. The van der Waals surface area contributed by atoms with Crippen LogP contribution in [0.1, 0.15) is 18.3 Å². The first-order chi connectivity index (χ1) is 10.5. The van der Waals surface area contributed by atoms with Gasteiger partial charge in [-0.15, -0.1) is 0 Å². The molecule has 2 rings (SSSR count). The van der Waals surface area contributed by atoms with E-state index < -0.39 is 0 Å². The molecule has 1 amide bonds. The summed E-state index contributed by atoms with van der Waals surface area (Å²) < 4.78 is 2.08. The number of rotatable bonds is 6. The molecule has 0 aliphatic carbocycles. The van der Waals surface area contributed by atoms with E-state index >= 15 is 0 Å². The van der Waals surface area contributed by atoms with Crippen LogP contribution in [0.4, 0.5) is 0 Å². The van der Waals surface area contributed by atoms with E-state index in [2.05, 4.69) is 21.8 Å². The van der Waals surface area contributed by atoms with Gasteiger partial charge in [-0.2, -0.15) is 0 Å². The normalized spacial score (nSPS) is 12.5. The zero-order valence-electron chi connectivity index (χ0n) is 12.8. The van der Waals surface area contributed by atoms with Gasteiger partial charge in [0.25, 0.3) is 0 Å².